The molecule has 2 aromatic carbocycles. The Kier molecular flexibility index (Phi) is 7.99. The second kappa shape index (κ2) is 10.5. The van der Waals surface area contributed by atoms with Crippen molar-refractivity contribution in [1.82, 2.24) is 9.73 Å². The number of benzene rings is 2. The van der Waals surface area contributed by atoms with Gasteiger partial charge in [0.1, 0.15) is 5.75 Å². The summed E-state index contributed by atoms with van der Waals surface area (Å²) in [4.78, 5) is 4.89. The number of aliphatic imine (C=N–C) groups is 1. The topological polar surface area (TPSA) is 83.4 Å². The van der Waals surface area contributed by atoms with E-state index in [0.29, 0.717) is 28.9 Å². The highest BCUT2D eigenvalue weighted by Gasteiger charge is 2.26. The van der Waals surface area contributed by atoms with Crippen molar-refractivity contribution in [2.75, 3.05) is 26.0 Å². The van der Waals surface area contributed by atoms with Gasteiger partial charge < -0.3 is 4.74 Å². The summed E-state index contributed by atoms with van der Waals surface area (Å²) in [6.07, 6.45) is 2.95. The van der Waals surface area contributed by atoms with E-state index in [9.17, 15) is 8.42 Å². The summed E-state index contributed by atoms with van der Waals surface area (Å²) in [5.41, 5.74) is 5.52. The van der Waals surface area contributed by atoms with Gasteiger partial charge in [-0.2, -0.15) is 9.41 Å². The number of hydrogen-bond donors (Lipinski definition) is 1. The number of hydrogen-bond acceptors (Lipinski definition) is 6. The number of amidine groups is 1. The lowest BCUT2D eigenvalue weighted by Crippen LogP contribution is -2.35. The first-order valence-electron chi connectivity index (χ1n) is 9.85. The SMILES string of the molecule is COc1cccc(N=C2NN=C(c3ccc(S(=O)(=O)N4CCCCC4)cc3)CS2)c1.Cl. The molecule has 0 amide bonds. The van der Waals surface area contributed by atoms with Crippen molar-refractivity contribution in [1.29, 1.82) is 0 Å². The quantitative estimate of drug-likeness (QED) is 0.698. The number of nitrogens with zero attached hydrogens (tertiary/aromatic N) is 3. The molecule has 0 radical (unpaired) electrons. The highest BCUT2D eigenvalue weighted by atomic mass is 35.5. The molecule has 7 nitrogen and oxygen atoms in total. The van der Waals surface area contributed by atoms with Gasteiger partial charge in [0.15, 0.2) is 5.17 Å². The van der Waals surface area contributed by atoms with E-state index in [0.717, 1.165) is 42.0 Å². The molecule has 0 unspecified atom stereocenters. The van der Waals surface area contributed by atoms with E-state index in [1.165, 1.54) is 0 Å². The Balaban J connectivity index is 0.00000272. The molecule has 2 aliphatic rings. The summed E-state index contributed by atoms with van der Waals surface area (Å²) in [7, 11) is -1.79. The molecule has 2 heterocycles. The van der Waals surface area contributed by atoms with Crippen molar-refractivity contribution < 1.29 is 13.2 Å². The van der Waals surface area contributed by atoms with Crippen LogP contribution in [0, 0.1) is 0 Å². The van der Waals surface area contributed by atoms with Crippen molar-refractivity contribution >= 4 is 50.8 Å². The van der Waals surface area contributed by atoms with Crippen LogP contribution < -0.4 is 10.2 Å². The van der Waals surface area contributed by atoms with Gasteiger partial charge in [-0.1, -0.05) is 36.4 Å². The molecule has 2 aliphatic heterocycles. The van der Waals surface area contributed by atoms with E-state index >= 15 is 0 Å². The van der Waals surface area contributed by atoms with E-state index in [1.807, 2.05) is 36.4 Å². The average molecular weight is 481 g/mol. The van der Waals surface area contributed by atoms with Crippen molar-refractivity contribution in [2.45, 2.75) is 24.2 Å². The molecule has 0 atom stereocenters. The predicted octanol–water partition coefficient (Wildman–Crippen LogP) is 4.02. The molecule has 1 fully saturated rings. The summed E-state index contributed by atoms with van der Waals surface area (Å²) in [5.74, 6) is 1.40. The zero-order valence-electron chi connectivity index (χ0n) is 17.2. The van der Waals surface area contributed by atoms with Crippen LogP contribution in [0.2, 0.25) is 0 Å². The van der Waals surface area contributed by atoms with Crippen LogP contribution in [0.3, 0.4) is 0 Å². The lowest BCUT2D eigenvalue weighted by atomic mass is 10.1. The Labute approximate surface area is 193 Å². The third-order valence-electron chi connectivity index (χ3n) is 5.06. The van der Waals surface area contributed by atoms with E-state index in [-0.39, 0.29) is 12.4 Å². The summed E-state index contributed by atoms with van der Waals surface area (Å²) in [5, 5.41) is 5.13. The molecule has 1 saturated heterocycles. The lowest BCUT2D eigenvalue weighted by molar-refractivity contribution is 0.346. The van der Waals surface area contributed by atoms with Crippen molar-refractivity contribution in [3.63, 3.8) is 0 Å². The maximum absolute atomic E-state index is 12.8. The normalized spacial score (nSPS) is 18.6. The molecule has 4 rings (SSSR count). The minimum atomic E-state index is -3.42. The molecule has 10 heteroatoms. The first-order valence-corrected chi connectivity index (χ1v) is 12.3. The number of halogens is 1. The predicted molar refractivity (Wildman–Crippen MR) is 129 cm³/mol. The van der Waals surface area contributed by atoms with E-state index in [4.69, 9.17) is 4.74 Å². The third-order valence-corrected chi connectivity index (χ3v) is 7.84. The Morgan fingerprint density at radius 2 is 1.84 bits per heavy atom. The Morgan fingerprint density at radius 3 is 2.48 bits per heavy atom. The van der Waals surface area contributed by atoms with Gasteiger partial charge in [-0.25, -0.2) is 13.4 Å². The highest BCUT2D eigenvalue weighted by Crippen LogP contribution is 2.24. The van der Waals surface area contributed by atoms with Crippen LogP contribution in [0.5, 0.6) is 5.75 Å². The Morgan fingerprint density at radius 1 is 1.10 bits per heavy atom. The zero-order chi connectivity index (χ0) is 21.0. The zero-order valence-corrected chi connectivity index (χ0v) is 19.6. The third kappa shape index (κ3) is 5.60. The largest absolute Gasteiger partial charge is 0.497 e. The first kappa shape index (κ1) is 23.6. The fourth-order valence-corrected chi connectivity index (χ4v) is 5.69. The van der Waals surface area contributed by atoms with Gasteiger partial charge in [0, 0.05) is 24.9 Å². The van der Waals surface area contributed by atoms with Crippen molar-refractivity contribution in [2.24, 2.45) is 10.1 Å². The Bertz CT molecular complexity index is 1070. The van der Waals surface area contributed by atoms with Gasteiger partial charge >= 0.3 is 0 Å². The van der Waals surface area contributed by atoms with Gasteiger partial charge in [0.25, 0.3) is 0 Å². The van der Waals surface area contributed by atoms with Gasteiger partial charge in [0.05, 0.1) is 23.4 Å². The van der Waals surface area contributed by atoms with Crippen molar-refractivity contribution in [3.05, 3.63) is 54.1 Å². The summed E-state index contributed by atoms with van der Waals surface area (Å²) in [6.45, 7) is 1.21. The van der Waals surface area contributed by atoms with Gasteiger partial charge in [-0.15, -0.1) is 12.4 Å². The number of ether oxygens (including phenoxy) is 1. The number of nitrogens with one attached hydrogen (secondary N) is 1. The second-order valence-electron chi connectivity index (χ2n) is 7.07. The van der Waals surface area contributed by atoms with Crippen LogP contribution in [0.25, 0.3) is 0 Å². The molecule has 0 aromatic heterocycles. The fourth-order valence-electron chi connectivity index (χ4n) is 3.39. The number of thioether (sulfide) groups is 1. The van der Waals surface area contributed by atoms with Crippen LogP contribution in [-0.2, 0) is 10.0 Å². The van der Waals surface area contributed by atoms with Gasteiger partial charge in [-0.05, 0) is 42.7 Å². The number of methoxy groups -OCH3 is 1. The number of sulfonamides is 1. The van der Waals surface area contributed by atoms with Crippen LogP contribution in [0.1, 0.15) is 24.8 Å². The molecular formula is C21H25ClN4O3S2. The molecule has 1 N–H and O–H groups in total. The fraction of sp³-hybridized carbons (Fsp3) is 0.333. The molecule has 0 aliphatic carbocycles. The maximum Gasteiger partial charge on any atom is 0.243 e. The molecule has 166 valence electrons. The van der Waals surface area contributed by atoms with Crippen LogP contribution >= 0.6 is 24.2 Å². The molecular weight excluding hydrogens is 456 g/mol. The number of rotatable bonds is 5. The van der Waals surface area contributed by atoms with Crippen LogP contribution in [0.4, 0.5) is 5.69 Å². The van der Waals surface area contributed by atoms with E-state index in [1.54, 1.807) is 35.3 Å². The molecule has 2 aromatic rings. The van der Waals surface area contributed by atoms with Gasteiger partial charge in [0.2, 0.25) is 10.0 Å². The number of hydrazone groups is 1. The minimum Gasteiger partial charge on any atom is -0.497 e. The summed E-state index contributed by atoms with van der Waals surface area (Å²) < 4.78 is 32.4. The Hall–Kier alpha value is -2.07. The van der Waals surface area contributed by atoms with Crippen molar-refractivity contribution in [3.8, 4) is 5.75 Å². The average Bonchev–Trinajstić information content (AvgIpc) is 2.80. The van der Waals surface area contributed by atoms with Gasteiger partial charge in [-0.3, -0.25) is 5.43 Å². The summed E-state index contributed by atoms with van der Waals surface area (Å²) >= 11 is 1.55. The molecule has 0 spiro atoms. The van der Waals surface area contributed by atoms with E-state index < -0.39 is 10.0 Å². The standard InChI is InChI=1S/C21H24N4O3S2.ClH/c1-28-18-7-5-6-17(14-18)22-21-24-23-20(15-29-21)16-8-10-19(11-9-16)30(26,27)25-12-3-2-4-13-25;/h5-11,14H,2-4,12-13,15H2,1H3,(H,22,24);1H. The van der Waals surface area contributed by atoms with Crippen LogP contribution in [-0.4, -0.2) is 49.6 Å². The highest BCUT2D eigenvalue weighted by molar-refractivity contribution is 8.14. The second-order valence-corrected chi connectivity index (χ2v) is 9.97. The van der Waals surface area contributed by atoms with Crippen LogP contribution in [0.15, 0.2) is 63.5 Å². The first-order chi connectivity index (χ1) is 14.6. The molecule has 0 saturated carbocycles. The summed E-state index contributed by atoms with van der Waals surface area (Å²) in [6, 6.07) is 14.5. The smallest absolute Gasteiger partial charge is 0.243 e. The molecule has 31 heavy (non-hydrogen) atoms. The molecule has 0 bridgehead atoms. The van der Waals surface area contributed by atoms with E-state index in [2.05, 4.69) is 15.5 Å². The minimum absolute atomic E-state index is 0. The number of piperidine rings is 1. The lowest BCUT2D eigenvalue weighted by Gasteiger charge is -2.26. The maximum atomic E-state index is 12.8. The monoisotopic (exact) mass is 480 g/mol.